The molecule has 4 rings (SSSR count). The summed E-state index contributed by atoms with van der Waals surface area (Å²) in [5, 5.41) is 4.61. The summed E-state index contributed by atoms with van der Waals surface area (Å²) in [5.41, 5.74) is 2.25. The summed E-state index contributed by atoms with van der Waals surface area (Å²) in [6.07, 6.45) is 4.10. The van der Waals surface area contributed by atoms with Crippen LogP contribution in [0.15, 0.2) is 35.0 Å². The van der Waals surface area contributed by atoms with Gasteiger partial charge in [0.15, 0.2) is 0 Å². The molecule has 166 valence electrons. The molecule has 2 aliphatic heterocycles. The van der Waals surface area contributed by atoms with E-state index in [2.05, 4.69) is 64.6 Å². The van der Waals surface area contributed by atoms with Gasteiger partial charge in [-0.2, -0.15) is 0 Å². The maximum atomic E-state index is 13.4. The number of hydrogen-bond acceptors (Lipinski definition) is 4. The van der Waals surface area contributed by atoms with Crippen molar-refractivity contribution in [1.82, 2.24) is 4.90 Å². The molecule has 0 aromatic heterocycles. The molecule has 2 unspecified atom stereocenters. The third-order valence-electron chi connectivity index (χ3n) is 6.50. The van der Waals surface area contributed by atoms with Crippen LogP contribution in [0.25, 0.3) is 6.08 Å². The number of ether oxygens (including phenoxy) is 1. The van der Waals surface area contributed by atoms with E-state index in [1.165, 1.54) is 12.1 Å². The lowest BCUT2D eigenvalue weighted by atomic mass is 9.64. The molecule has 1 saturated carbocycles. The fraction of sp³-hybridized carbons (Fsp3) is 0.640. The molecular weight excluding hydrogens is 379 g/mol. The molecule has 0 N–H and O–H groups in total. The van der Waals surface area contributed by atoms with Crippen LogP contribution in [0.5, 0.6) is 0 Å². The monoisotopic (exact) mass is 416 g/mol. The van der Waals surface area contributed by atoms with Crippen molar-refractivity contribution in [1.29, 1.82) is 0 Å². The van der Waals surface area contributed by atoms with Crippen molar-refractivity contribution in [3.63, 3.8) is 0 Å². The van der Waals surface area contributed by atoms with E-state index in [9.17, 15) is 4.39 Å². The van der Waals surface area contributed by atoms with E-state index in [1.54, 1.807) is 0 Å². The Hall–Kier alpha value is -1.72. The maximum Gasteiger partial charge on any atom is 0.129 e. The van der Waals surface area contributed by atoms with Crippen LogP contribution in [-0.2, 0) is 9.57 Å². The highest BCUT2D eigenvalue weighted by atomic mass is 19.1. The molecule has 0 amide bonds. The molecule has 0 spiro atoms. The van der Waals surface area contributed by atoms with Crippen molar-refractivity contribution in [2.75, 3.05) is 13.2 Å². The van der Waals surface area contributed by atoms with Crippen LogP contribution in [0.2, 0.25) is 0 Å². The third-order valence-corrected chi connectivity index (χ3v) is 6.50. The van der Waals surface area contributed by atoms with Gasteiger partial charge in [-0.25, -0.2) is 4.39 Å². The Morgan fingerprint density at radius 1 is 1.17 bits per heavy atom. The average Bonchev–Trinajstić information content (AvgIpc) is 2.63. The van der Waals surface area contributed by atoms with Gasteiger partial charge in [-0.05, 0) is 90.7 Å². The molecule has 2 bridgehead atoms. The smallest absolute Gasteiger partial charge is 0.129 e. The summed E-state index contributed by atoms with van der Waals surface area (Å²) in [4.78, 5) is 8.24. The Kier molecular flexibility index (Phi) is 6.73. The number of benzene rings is 1. The molecule has 30 heavy (non-hydrogen) atoms. The number of halogens is 1. The largest absolute Gasteiger partial charge is 0.394 e. The lowest BCUT2D eigenvalue weighted by Gasteiger charge is -2.55. The molecule has 0 radical (unpaired) electrons. The van der Waals surface area contributed by atoms with Crippen LogP contribution in [0.4, 0.5) is 4.39 Å². The molecule has 1 aromatic carbocycles. The van der Waals surface area contributed by atoms with Crippen LogP contribution < -0.4 is 0 Å². The Balaban J connectivity index is 1.86. The van der Waals surface area contributed by atoms with Gasteiger partial charge in [-0.3, -0.25) is 4.90 Å². The topological polar surface area (TPSA) is 34.1 Å². The molecule has 1 aliphatic carbocycles. The zero-order valence-corrected chi connectivity index (χ0v) is 19.5. The van der Waals surface area contributed by atoms with Gasteiger partial charge in [0.05, 0.1) is 5.60 Å². The van der Waals surface area contributed by atoms with Crippen LogP contribution in [0.3, 0.4) is 0 Å². The summed E-state index contributed by atoms with van der Waals surface area (Å²) < 4.78 is 19.9. The minimum atomic E-state index is -0.472. The van der Waals surface area contributed by atoms with Crippen LogP contribution in [-0.4, -0.2) is 47.0 Å². The van der Waals surface area contributed by atoms with E-state index in [4.69, 9.17) is 9.57 Å². The number of nitrogens with zero attached hydrogens (tertiary/aromatic N) is 2. The van der Waals surface area contributed by atoms with Crippen molar-refractivity contribution >= 4 is 11.8 Å². The van der Waals surface area contributed by atoms with Gasteiger partial charge in [-0.1, -0.05) is 17.3 Å². The van der Waals surface area contributed by atoms with E-state index in [0.29, 0.717) is 18.7 Å². The summed E-state index contributed by atoms with van der Waals surface area (Å²) in [5.74, 6) is 0.00424. The van der Waals surface area contributed by atoms with Gasteiger partial charge in [0, 0.05) is 24.5 Å². The van der Waals surface area contributed by atoms with Crippen molar-refractivity contribution in [2.45, 2.75) is 84.6 Å². The normalized spacial score (nSPS) is 28.3. The second-order valence-electron chi connectivity index (χ2n) is 9.88. The van der Waals surface area contributed by atoms with E-state index in [1.807, 2.05) is 12.1 Å². The molecular formula is C25H37FN2O2. The molecule has 2 atom stereocenters. The minimum absolute atomic E-state index is 0.227. The Morgan fingerprint density at radius 2 is 1.80 bits per heavy atom. The van der Waals surface area contributed by atoms with E-state index >= 15 is 0 Å². The van der Waals surface area contributed by atoms with Crippen molar-refractivity contribution in [3.05, 3.63) is 41.2 Å². The third kappa shape index (κ3) is 4.78. The number of fused-ring (bicyclic) bond motifs is 3. The van der Waals surface area contributed by atoms with Gasteiger partial charge >= 0.3 is 0 Å². The van der Waals surface area contributed by atoms with Gasteiger partial charge in [0.25, 0.3) is 0 Å². The minimum Gasteiger partial charge on any atom is -0.394 e. The second kappa shape index (κ2) is 8.80. The van der Waals surface area contributed by atoms with Gasteiger partial charge in [0.2, 0.25) is 0 Å². The lowest BCUT2D eigenvalue weighted by molar-refractivity contribution is -0.165. The number of hydrogen-bond donors (Lipinski definition) is 0. The van der Waals surface area contributed by atoms with Crippen LogP contribution >= 0.6 is 0 Å². The molecule has 3 aliphatic rings. The molecule has 3 fully saturated rings. The van der Waals surface area contributed by atoms with Crippen LogP contribution in [0.1, 0.15) is 66.9 Å². The van der Waals surface area contributed by atoms with E-state index < -0.39 is 5.60 Å². The SMILES string of the molecule is CC(C)N(CCO/N=C1/C(=C/c2ccc(F)cc2)C2CCC1(C)OC2(C)C)C(C)C. The van der Waals surface area contributed by atoms with Crippen molar-refractivity contribution in [3.8, 4) is 0 Å². The quantitative estimate of drug-likeness (QED) is 0.424. The van der Waals surface area contributed by atoms with Crippen molar-refractivity contribution < 1.29 is 14.0 Å². The Bertz CT molecular complexity index is 790. The summed E-state index contributed by atoms with van der Waals surface area (Å²) in [7, 11) is 0. The fourth-order valence-electron chi connectivity index (χ4n) is 5.06. The predicted molar refractivity (Wildman–Crippen MR) is 121 cm³/mol. The zero-order chi connectivity index (χ0) is 22.1. The first-order valence-electron chi connectivity index (χ1n) is 11.2. The summed E-state index contributed by atoms with van der Waals surface area (Å²) in [6, 6.07) is 7.53. The van der Waals surface area contributed by atoms with Gasteiger partial charge < -0.3 is 9.57 Å². The highest BCUT2D eigenvalue weighted by molar-refractivity contribution is 6.10. The highest BCUT2D eigenvalue weighted by Gasteiger charge is 2.55. The van der Waals surface area contributed by atoms with Gasteiger partial charge in [0.1, 0.15) is 23.7 Å². The van der Waals surface area contributed by atoms with E-state index in [-0.39, 0.29) is 17.3 Å². The van der Waals surface area contributed by atoms with Crippen molar-refractivity contribution in [2.24, 2.45) is 11.1 Å². The van der Waals surface area contributed by atoms with E-state index in [0.717, 1.165) is 36.2 Å². The Labute approximate surface area is 181 Å². The first-order valence-corrected chi connectivity index (χ1v) is 11.2. The molecule has 5 heteroatoms. The summed E-state index contributed by atoms with van der Waals surface area (Å²) >= 11 is 0. The zero-order valence-electron chi connectivity index (χ0n) is 19.5. The molecule has 1 aromatic rings. The molecule has 2 saturated heterocycles. The number of rotatable bonds is 7. The Morgan fingerprint density at radius 3 is 2.37 bits per heavy atom. The standard InChI is InChI=1S/C25H37FN2O2/c1-17(2)28(18(3)4)14-15-29-27-23-21(16-19-8-10-20(26)11-9-19)22-12-13-25(23,7)30-24(22,5)6/h8-11,16-18,22H,12-15H2,1-7H3/b21-16+,27-23-. The molecule has 4 nitrogen and oxygen atoms in total. The summed E-state index contributed by atoms with van der Waals surface area (Å²) in [6.45, 7) is 16.6. The first kappa shape index (κ1) is 23.0. The first-order chi connectivity index (χ1) is 14.0. The highest BCUT2D eigenvalue weighted by Crippen LogP contribution is 2.51. The average molecular weight is 417 g/mol. The van der Waals surface area contributed by atoms with Gasteiger partial charge in [-0.15, -0.1) is 0 Å². The fourth-order valence-corrected chi connectivity index (χ4v) is 5.06. The molecule has 2 heterocycles. The van der Waals surface area contributed by atoms with Crippen LogP contribution in [0, 0.1) is 11.7 Å². The predicted octanol–water partition coefficient (Wildman–Crippen LogP) is 5.68. The maximum absolute atomic E-state index is 13.4. The second-order valence-corrected chi connectivity index (χ2v) is 9.88. The lowest BCUT2D eigenvalue weighted by Crippen LogP contribution is -2.60. The number of oxime groups is 1.